The van der Waals surface area contributed by atoms with Crippen LogP contribution >= 0.6 is 0 Å². The molecule has 1 aliphatic rings. The highest BCUT2D eigenvalue weighted by molar-refractivity contribution is 6.86. The predicted molar refractivity (Wildman–Crippen MR) is 72.0 cm³/mol. The molecule has 15 heavy (non-hydrogen) atoms. The van der Waals surface area contributed by atoms with Crippen LogP contribution in [0.1, 0.15) is 33.6 Å². The molecule has 0 aromatic rings. The van der Waals surface area contributed by atoms with Crippen LogP contribution in [0.4, 0.5) is 0 Å². The summed E-state index contributed by atoms with van der Waals surface area (Å²) in [5, 5.41) is 1.52. The van der Waals surface area contributed by atoms with Crippen LogP contribution in [0.25, 0.3) is 0 Å². The highest BCUT2D eigenvalue weighted by Crippen LogP contribution is 2.28. The van der Waals surface area contributed by atoms with Gasteiger partial charge < -0.3 is 4.90 Å². The summed E-state index contributed by atoms with van der Waals surface area (Å²) in [7, 11) is -1.12. The topological polar surface area (TPSA) is 3.24 Å². The molecule has 1 saturated heterocycles. The van der Waals surface area contributed by atoms with Gasteiger partial charge in [-0.15, -0.1) is 6.58 Å². The lowest BCUT2D eigenvalue weighted by atomic mass is 10.4. The van der Waals surface area contributed by atoms with Crippen molar-refractivity contribution in [2.24, 2.45) is 0 Å². The third-order valence-corrected chi connectivity index (χ3v) is 10.1. The van der Waals surface area contributed by atoms with E-state index < -0.39 is 8.07 Å². The molecule has 0 amide bonds. The fraction of sp³-hybridized carbons (Fsp3) is 0.846. The van der Waals surface area contributed by atoms with Crippen molar-refractivity contribution < 1.29 is 0 Å². The molecule has 1 heterocycles. The summed E-state index contributed by atoms with van der Waals surface area (Å²) in [6.45, 7) is 15.3. The highest BCUT2D eigenvalue weighted by atomic mass is 28.3. The minimum atomic E-state index is -1.12. The first kappa shape index (κ1) is 13.0. The molecule has 2 heteroatoms. The zero-order valence-corrected chi connectivity index (χ0v) is 11.8. The van der Waals surface area contributed by atoms with Crippen LogP contribution in [-0.4, -0.2) is 32.6 Å². The lowest BCUT2D eigenvalue weighted by Gasteiger charge is -2.32. The maximum Gasteiger partial charge on any atom is 0.0811 e. The summed E-state index contributed by atoms with van der Waals surface area (Å²) in [6.07, 6.45) is 2.83. The SMILES string of the molecule is C=C(C)[Si](CC)(CC)CCN1CCCC1. The zero-order chi connectivity index (χ0) is 11.3. The summed E-state index contributed by atoms with van der Waals surface area (Å²) in [6, 6.07) is 4.20. The average Bonchev–Trinajstić information content (AvgIpc) is 2.72. The number of likely N-dealkylation sites (tertiary alicyclic amines) is 1. The van der Waals surface area contributed by atoms with Crippen LogP contribution < -0.4 is 0 Å². The molecule has 1 fully saturated rings. The van der Waals surface area contributed by atoms with E-state index in [4.69, 9.17) is 0 Å². The van der Waals surface area contributed by atoms with Gasteiger partial charge in [0.2, 0.25) is 0 Å². The van der Waals surface area contributed by atoms with Gasteiger partial charge in [0.05, 0.1) is 8.07 Å². The van der Waals surface area contributed by atoms with Gasteiger partial charge in [0.15, 0.2) is 0 Å². The van der Waals surface area contributed by atoms with Crippen LogP contribution in [0.5, 0.6) is 0 Å². The van der Waals surface area contributed by atoms with E-state index in [0.717, 1.165) is 0 Å². The maximum absolute atomic E-state index is 4.26. The molecular weight excluding hydrogens is 198 g/mol. The highest BCUT2D eigenvalue weighted by Gasteiger charge is 2.30. The quantitative estimate of drug-likeness (QED) is 0.623. The molecule has 0 atom stereocenters. The smallest absolute Gasteiger partial charge is 0.0811 e. The number of nitrogens with zero attached hydrogens (tertiary/aromatic N) is 1. The van der Waals surface area contributed by atoms with Crippen molar-refractivity contribution in [1.82, 2.24) is 4.90 Å². The molecule has 0 aromatic carbocycles. The molecule has 0 aromatic heterocycles. The molecular formula is C13H27NSi. The molecule has 88 valence electrons. The zero-order valence-electron chi connectivity index (χ0n) is 10.8. The van der Waals surface area contributed by atoms with Crippen LogP contribution in [-0.2, 0) is 0 Å². The summed E-state index contributed by atoms with van der Waals surface area (Å²) in [5.74, 6) is 0. The van der Waals surface area contributed by atoms with Crippen molar-refractivity contribution >= 4 is 8.07 Å². The number of allylic oxidation sites excluding steroid dienone is 1. The average molecular weight is 225 g/mol. The molecule has 0 saturated carbocycles. The van der Waals surface area contributed by atoms with E-state index in [0.29, 0.717) is 0 Å². The van der Waals surface area contributed by atoms with Gasteiger partial charge in [-0.3, -0.25) is 0 Å². The van der Waals surface area contributed by atoms with Crippen LogP contribution in [0, 0.1) is 0 Å². The fourth-order valence-electron chi connectivity index (χ4n) is 2.80. The van der Waals surface area contributed by atoms with Gasteiger partial charge >= 0.3 is 0 Å². The van der Waals surface area contributed by atoms with Gasteiger partial charge in [-0.25, -0.2) is 0 Å². The molecule has 0 spiro atoms. The molecule has 0 unspecified atom stereocenters. The number of hydrogen-bond acceptors (Lipinski definition) is 1. The van der Waals surface area contributed by atoms with Gasteiger partial charge in [0.1, 0.15) is 0 Å². The Labute approximate surface area is 96.6 Å². The first-order valence-corrected chi connectivity index (χ1v) is 9.15. The van der Waals surface area contributed by atoms with Crippen LogP contribution in [0.2, 0.25) is 18.1 Å². The lowest BCUT2D eigenvalue weighted by molar-refractivity contribution is 0.357. The lowest BCUT2D eigenvalue weighted by Crippen LogP contribution is -2.38. The van der Waals surface area contributed by atoms with Gasteiger partial charge in [0.25, 0.3) is 0 Å². The van der Waals surface area contributed by atoms with Gasteiger partial charge in [0, 0.05) is 0 Å². The Kier molecular flexibility index (Phi) is 5.07. The van der Waals surface area contributed by atoms with E-state index in [1.807, 2.05) is 0 Å². The van der Waals surface area contributed by atoms with Crippen LogP contribution in [0.3, 0.4) is 0 Å². The Morgan fingerprint density at radius 1 is 1.20 bits per heavy atom. The Morgan fingerprint density at radius 2 is 1.73 bits per heavy atom. The van der Waals surface area contributed by atoms with Gasteiger partial charge in [-0.05, 0) is 45.4 Å². The maximum atomic E-state index is 4.26. The summed E-state index contributed by atoms with van der Waals surface area (Å²) in [4.78, 5) is 2.65. The Balaban J connectivity index is 2.46. The monoisotopic (exact) mass is 225 g/mol. The molecule has 1 rings (SSSR count). The molecule has 1 aliphatic heterocycles. The Hall–Kier alpha value is -0.0831. The second-order valence-corrected chi connectivity index (χ2v) is 10.4. The Morgan fingerprint density at radius 3 is 2.13 bits per heavy atom. The molecule has 1 nitrogen and oxygen atoms in total. The van der Waals surface area contributed by atoms with Crippen molar-refractivity contribution in [3.63, 3.8) is 0 Å². The second kappa shape index (κ2) is 5.85. The molecule has 0 N–H and O–H groups in total. The van der Waals surface area contributed by atoms with Crippen LogP contribution in [0.15, 0.2) is 11.8 Å². The van der Waals surface area contributed by atoms with Gasteiger partial charge in [-0.2, -0.15) is 0 Å². The minimum absolute atomic E-state index is 1.12. The fourth-order valence-corrected chi connectivity index (χ4v) is 6.38. The number of hydrogen-bond donors (Lipinski definition) is 0. The first-order chi connectivity index (χ1) is 7.14. The van der Waals surface area contributed by atoms with E-state index in [-0.39, 0.29) is 0 Å². The van der Waals surface area contributed by atoms with Crippen molar-refractivity contribution in [3.05, 3.63) is 11.8 Å². The summed E-state index contributed by atoms with van der Waals surface area (Å²) < 4.78 is 0. The first-order valence-electron chi connectivity index (χ1n) is 6.53. The second-order valence-electron chi connectivity index (χ2n) is 5.07. The summed E-state index contributed by atoms with van der Waals surface area (Å²) >= 11 is 0. The minimum Gasteiger partial charge on any atom is -0.304 e. The van der Waals surface area contributed by atoms with Crippen molar-refractivity contribution in [3.8, 4) is 0 Å². The standard InChI is InChI=1S/C13H27NSi/c1-5-15(6-2,13(3)4)12-11-14-9-7-8-10-14/h3,5-12H2,1-2,4H3. The predicted octanol–water partition coefficient (Wildman–Crippen LogP) is 3.69. The van der Waals surface area contributed by atoms with Crippen molar-refractivity contribution in [1.29, 1.82) is 0 Å². The van der Waals surface area contributed by atoms with E-state index in [1.54, 1.807) is 0 Å². The van der Waals surface area contributed by atoms with E-state index in [9.17, 15) is 0 Å². The molecule has 0 radical (unpaired) electrons. The van der Waals surface area contributed by atoms with E-state index >= 15 is 0 Å². The Bertz CT molecular complexity index is 203. The summed E-state index contributed by atoms with van der Waals surface area (Å²) in [5.41, 5.74) is 0. The largest absolute Gasteiger partial charge is 0.304 e. The van der Waals surface area contributed by atoms with Crippen molar-refractivity contribution in [2.45, 2.75) is 51.7 Å². The number of rotatable bonds is 6. The molecule has 0 bridgehead atoms. The normalized spacial score (nSPS) is 18.3. The van der Waals surface area contributed by atoms with E-state index in [2.05, 4.69) is 32.3 Å². The third kappa shape index (κ3) is 3.18. The van der Waals surface area contributed by atoms with E-state index in [1.165, 1.54) is 55.8 Å². The molecule has 0 aliphatic carbocycles. The third-order valence-electron chi connectivity index (χ3n) is 4.36. The van der Waals surface area contributed by atoms with Crippen molar-refractivity contribution in [2.75, 3.05) is 19.6 Å². The van der Waals surface area contributed by atoms with Gasteiger partial charge in [-0.1, -0.05) is 31.1 Å².